The zero-order valence-corrected chi connectivity index (χ0v) is 10.8. The normalized spacial score (nSPS) is 29.4. The van der Waals surface area contributed by atoms with Gasteiger partial charge < -0.3 is 5.73 Å². The van der Waals surface area contributed by atoms with Crippen molar-refractivity contribution >= 4 is 0 Å². The van der Waals surface area contributed by atoms with Crippen LogP contribution in [0.5, 0.6) is 0 Å². The molecule has 2 N–H and O–H groups in total. The summed E-state index contributed by atoms with van der Waals surface area (Å²) in [4.78, 5) is 2.52. The van der Waals surface area contributed by atoms with Crippen LogP contribution >= 0.6 is 0 Å². The first kappa shape index (κ1) is 11.2. The molecule has 0 spiro atoms. The van der Waals surface area contributed by atoms with E-state index in [1.54, 1.807) is 0 Å². The van der Waals surface area contributed by atoms with E-state index >= 15 is 0 Å². The molecular formula is C15H22N2. The molecule has 3 atom stereocenters. The van der Waals surface area contributed by atoms with Gasteiger partial charge in [0.2, 0.25) is 0 Å². The van der Waals surface area contributed by atoms with E-state index in [0.717, 1.165) is 12.3 Å². The van der Waals surface area contributed by atoms with Gasteiger partial charge in [0.25, 0.3) is 0 Å². The second-order valence-electron chi connectivity index (χ2n) is 5.74. The van der Waals surface area contributed by atoms with Crippen LogP contribution in [0.15, 0.2) is 24.3 Å². The van der Waals surface area contributed by atoms with Gasteiger partial charge in [-0.3, -0.25) is 4.90 Å². The molecule has 1 aromatic rings. The summed E-state index contributed by atoms with van der Waals surface area (Å²) in [6.07, 6.45) is 3.92. The monoisotopic (exact) mass is 230 g/mol. The molecule has 2 aliphatic carbocycles. The molecule has 92 valence electrons. The number of fused-ring (bicyclic) bond motifs is 1. The lowest BCUT2D eigenvalue weighted by molar-refractivity contribution is 0.153. The SMILES string of the molecule is CC(C1CC1)N(C)C1Cc2ccccc2C1N. The molecule has 0 aliphatic heterocycles. The van der Waals surface area contributed by atoms with Crippen molar-refractivity contribution in [1.82, 2.24) is 4.90 Å². The number of hydrogen-bond acceptors (Lipinski definition) is 2. The van der Waals surface area contributed by atoms with Crippen molar-refractivity contribution < 1.29 is 0 Å². The first-order valence-corrected chi connectivity index (χ1v) is 6.74. The fraction of sp³-hybridized carbons (Fsp3) is 0.600. The van der Waals surface area contributed by atoms with Crippen molar-refractivity contribution in [2.24, 2.45) is 11.7 Å². The van der Waals surface area contributed by atoms with Crippen LogP contribution in [0, 0.1) is 5.92 Å². The summed E-state index contributed by atoms with van der Waals surface area (Å²) in [7, 11) is 2.25. The minimum atomic E-state index is 0.192. The maximum atomic E-state index is 6.41. The van der Waals surface area contributed by atoms with Crippen LogP contribution in [0.4, 0.5) is 0 Å². The first-order valence-electron chi connectivity index (χ1n) is 6.74. The van der Waals surface area contributed by atoms with Crippen LogP contribution in [0.25, 0.3) is 0 Å². The Bertz CT molecular complexity index is 411. The van der Waals surface area contributed by atoms with Crippen molar-refractivity contribution in [1.29, 1.82) is 0 Å². The van der Waals surface area contributed by atoms with Gasteiger partial charge in [0, 0.05) is 18.1 Å². The van der Waals surface area contributed by atoms with Crippen LogP contribution in [-0.2, 0) is 6.42 Å². The van der Waals surface area contributed by atoms with Gasteiger partial charge in [0.15, 0.2) is 0 Å². The van der Waals surface area contributed by atoms with Gasteiger partial charge in [-0.05, 0) is 50.3 Å². The van der Waals surface area contributed by atoms with Crippen molar-refractivity contribution in [3.05, 3.63) is 35.4 Å². The molecule has 2 aliphatic rings. The summed E-state index contributed by atoms with van der Waals surface area (Å²) >= 11 is 0. The number of benzene rings is 1. The fourth-order valence-electron chi connectivity index (χ4n) is 3.22. The van der Waals surface area contributed by atoms with Crippen molar-refractivity contribution in [2.75, 3.05) is 7.05 Å². The van der Waals surface area contributed by atoms with Crippen molar-refractivity contribution in [3.8, 4) is 0 Å². The topological polar surface area (TPSA) is 29.3 Å². The summed E-state index contributed by atoms with van der Waals surface area (Å²) < 4.78 is 0. The highest BCUT2D eigenvalue weighted by atomic mass is 15.2. The van der Waals surface area contributed by atoms with Gasteiger partial charge in [-0.2, -0.15) is 0 Å². The molecule has 0 bridgehead atoms. The molecule has 0 aromatic heterocycles. The quantitative estimate of drug-likeness (QED) is 0.863. The van der Waals surface area contributed by atoms with Gasteiger partial charge in [-0.25, -0.2) is 0 Å². The number of rotatable bonds is 3. The Morgan fingerprint density at radius 1 is 1.29 bits per heavy atom. The molecule has 0 radical (unpaired) electrons. The van der Waals surface area contributed by atoms with E-state index < -0.39 is 0 Å². The summed E-state index contributed by atoms with van der Waals surface area (Å²) in [6, 6.07) is 10.0. The van der Waals surface area contributed by atoms with Crippen LogP contribution in [0.2, 0.25) is 0 Å². The third-order valence-electron chi connectivity index (χ3n) is 4.73. The van der Waals surface area contributed by atoms with E-state index in [2.05, 4.69) is 43.1 Å². The molecule has 0 amide bonds. The molecule has 1 fully saturated rings. The van der Waals surface area contributed by atoms with Gasteiger partial charge in [0.05, 0.1) is 0 Å². The molecule has 3 unspecified atom stereocenters. The second kappa shape index (κ2) is 4.11. The van der Waals surface area contributed by atoms with Crippen LogP contribution in [-0.4, -0.2) is 24.0 Å². The molecule has 17 heavy (non-hydrogen) atoms. The molecule has 1 aromatic carbocycles. The molecule has 2 nitrogen and oxygen atoms in total. The first-order chi connectivity index (χ1) is 8.18. The smallest absolute Gasteiger partial charge is 0.0459 e. The minimum absolute atomic E-state index is 0.192. The number of nitrogens with two attached hydrogens (primary N) is 1. The predicted molar refractivity (Wildman–Crippen MR) is 70.8 cm³/mol. The largest absolute Gasteiger partial charge is 0.323 e. The minimum Gasteiger partial charge on any atom is -0.323 e. The van der Waals surface area contributed by atoms with Crippen molar-refractivity contribution in [2.45, 2.75) is 44.3 Å². The molecule has 0 saturated heterocycles. The van der Waals surface area contributed by atoms with E-state index in [-0.39, 0.29) is 6.04 Å². The second-order valence-corrected chi connectivity index (χ2v) is 5.74. The molecular weight excluding hydrogens is 208 g/mol. The lowest BCUT2D eigenvalue weighted by Crippen LogP contribution is -2.44. The Morgan fingerprint density at radius 3 is 2.65 bits per heavy atom. The highest BCUT2D eigenvalue weighted by Gasteiger charge is 2.38. The van der Waals surface area contributed by atoms with E-state index in [1.165, 1.54) is 24.0 Å². The van der Waals surface area contributed by atoms with Crippen LogP contribution in [0.3, 0.4) is 0 Å². The zero-order valence-electron chi connectivity index (χ0n) is 10.8. The third-order valence-corrected chi connectivity index (χ3v) is 4.73. The molecule has 1 saturated carbocycles. The average molecular weight is 230 g/mol. The van der Waals surface area contributed by atoms with E-state index in [0.29, 0.717) is 12.1 Å². The van der Waals surface area contributed by atoms with Crippen LogP contribution in [0.1, 0.15) is 36.9 Å². The Hall–Kier alpha value is -0.860. The molecule has 3 rings (SSSR count). The number of nitrogens with zero attached hydrogens (tertiary/aromatic N) is 1. The molecule has 2 heteroatoms. The van der Waals surface area contributed by atoms with E-state index in [9.17, 15) is 0 Å². The summed E-state index contributed by atoms with van der Waals surface area (Å²) in [5.74, 6) is 0.913. The van der Waals surface area contributed by atoms with E-state index in [1.807, 2.05) is 0 Å². The summed E-state index contributed by atoms with van der Waals surface area (Å²) in [5.41, 5.74) is 9.21. The van der Waals surface area contributed by atoms with Crippen molar-refractivity contribution in [3.63, 3.8) is 0 Å². The Kier molecular flexibility index (Phi) is 2.72. The fourth-order valence-corrected chi connectivity index (χ4v) is 3.22. The Labute approximate surface area is 104 Å². The number of hydrogen-bond donors (Lipinski definition) is 1. The Morgan fingerprint density at radius 2 is 2.00 bits per heavy atom. The molecule has 0 heterocycles. The summed E-state index contributed by atoms with van der Waals surface area (Å²) in [6.45, 7) is 2.35. The summed E-state index contributed by atoms with van der Waals surface area (Å²) in [5, 5.41) is 0. The van der Waals surface area contributed by atoms with E-state index in [4.69, 9.17) is 5.73 Å². The Balaban J connectivity index is 1.78. The van der Waals surface area contributed by atoms with Gasteiger partial charge in [-0.15, -0.1) is 0 Å². The third kappa shape index (κ3) is 1.90. The van der Waals surface area contributed by atoms with Gasteiger partial charge in [-0.1, -0.05) is 24.3 Å². The lowest BCUT2D eigenvalue weighted by atomic mass is 10.0. The van der Waals surface area contributed by atoms with Crippen LogP contribution < -0.4 is 5.73 Å². The number of likely N-dealkylation sites (N-methyl/N-ethyl adjacent to an activating group) is 1. The standard InChI is InChI=1S/C15H22N2/c1-10(11-7-8-11)17(2)14-9-12-5-3-4-6-13(12)15(14)16/h3-6,10-11,14-15H,7-9,16H2,1-2H3. The average Bonchev–Trinajstić information content (AvgIpc) is 3.14. The maximum absolute atomic E-state index is 6.41. The highest BCUT2D eigenvalue weighted by molar-refractivity contribution is 5.36. The lowest BCUT2D eigenvalue weighted by Gasteiger charge is -2.33. The predicted octanol–water partition coefficient (Wildman–Crippen LogP) is 2.34. The van der Waals surface area contributed by atoms with Gasteiger partial charge >= 0.3 is 0 Å². The van der Waals surface area contributed by atoms with Gasteiger partial charge in [0.1, 0.15) is 0 Å². The maximum Gasteiger partial charge on any atom is 0.0459 e. The highest BCUT2D eigenvalue weighted by Crippen LogP contribution is 2.39. The zero-order chi connectivity index (χ0) is 12.0.